The van der Waals surface area contributed by atoms with Crippen molar-refractivity contribution in [1.29, 1.82) is 0 Å². The second-order valence-electron chi connectivity index (χ2n) is 5.67. The fourth-order valence-electron chi connectivity index (χ4n) is 2.88. The van der Waals surface area contributed by atoms with Gasteiger partial charge in [0.2, 0.25) is 11.5 Å². The molecule has 24 heavy (non-hydrogen) atoms. The molecule has 0 aliphatic carbocycles. The third-order valence-electron chi connectivity index (χ3n) is 4.27. The summed E-state index contributed by atoms with van der Waals surface area (Å²) in [6.07, 6.45) is 0. The van der Waals surface area contributed by atoms with Crippen molar-refractivity contribution in [1.82, 2.24) is 0 Å². The Bertz CT molecular complexity index is 887. The number of fused-ring (bicyclic) bond motifs is 1. The van der Waals surface area contributed by atoms with Gasteiger partial charge in [-0.3, -0.25) is 4.79 Å². The van der Waals surface area contributed by atoms with Gasteiger partial charge in [-0.2, -0.15) is 4.99 Å². The molecule has 2 aromatic rings. The summed E-state index contributed by atoms with van der Waals surface area (Å²) in [5.41, 5.74) is 1.39. The fraction of sp³-hybridized carbons (Fsp3) is 0.111. The van der Waals surface area contributed by atoms with Crippen LogP contribution in [0.5, 0.6) is 0 Å². The van der Waals surface area contributed by atoms with E-state index in [4.69, 9.17) is 0 Å². The molecule has 2 heterocycles. The molecule has 2 aliphatic heterocycles. The van der Waals surface area contributed by atoms with Crippen molar-refractivity contribution in [3.8, 4) is 0 Å². The third-order valence-corrected chi connectivity index (χ3v) is 4.27. The maximum Gasteiger partial charge on any atom is 0.303 e. The summed E-state index contributed by atoms with van der Waals surface area (Å²) in [5, 5.41) is 11.0. The summed E-state index contributed by atoms with van der Waals surface area (Å²) >= 11 is 0. The minimum atomic E-state index is -0.686. The van der Waals surface area contributed by atoms with E-state index in [-0.39, 0.29) is 11.5 Å². The quantitative estimate of drug-likeness (QED) is 0.857. The van der Waals surface area contributed by atoms with Crippen LogP contribution in [-0.2, 0) is 10.2 Å². The number of amides is 1. The Morgan fingerprint density at radius 2 is 1.42 bits per heavy atom. The highest BCUT2D eigenvalue weighted by atomic mass is 16.1. The molecule has 2 aliphatic rings. The molecule has 0 radical (unpaired) electrons. The standard InChI is InChI=1S/C18H13N5O/c1-18(12-8-4-2-5-9-12,13-10-6-3-7-11-13)17-19-15-14(16(24)20-17)21-23-22-15/h2-11H,1H3. The van der Waals surface area contributed by atoms with Gasteiger partial charge in [0, 0.05) is 0 Å². The lowest BCUT2D eigenvalue weighted by molar-refractivity contribution is -0.111. The summed E-state index contributed by atoms with van der Waals surface area (Å²) in [6, 6.07) is 19.7. The number of carbonyl (C=O) groups excluding carboxylic acids is 1. The van der Waals surface area contributed by atoms with Gasteiger partial charge >= 0.3 is 5.91 Å². The summed E-state index contributed by atoms with van der Waals surface area (Å²) < 4.78 is 0. The second kappa shape index (κ2) is 5.42. The van der Waals surface area contributed by atoms with Crippen LogP contribution in [0.1, 0.15) is 18.1 Å². The van der Waals surface area contributed by atoms with Crippen LogP contribution in [0.2, 0.25) is 0 Å². The van der Waals surface area contributed by atoms with Crippen molar-refractivity contribution < 1.29 is 4.79 Å². The maximum atomic E-state index is 12.3. The van der Waals surface area contributed by atoms with Crippen molar-refractivity contribution in [3.63, 3.8) is 0 Å². The van der Waals surface area contributed by atoms with E-state index < -0.39 is 11.3 Å². The molecule has 0 bridgehead atoms. The van der Waals surface area contributed by atoms with Crippen LogP contribution >= 0.6 is 0 Å². The van der Waals surface area contributed by atoms with Gasteiger partial charge in [0.15, 0.2) is 0 Å². The zero-order chi connectivity index (χ0) is 16.6. The molecule has 0 N–H and O–H groups in total. The minimum Gasteiger partial charge on any atom is -0.265 e. The van der Waals surface area contributed by atoms with E-state index in [9.17, 15) is 4.79 Å². The molecule has 6 nitrogen and oxygen atoms in total. The van der Waals surface area contributed by atoms with Crippen LogP contribution in [0.4, 0.5) is 0 Å². The lowest BCUT2D eigenvalue weighted by Crippen LogP contribution is -2.38. The zero-order valence-corrected chi connectivity index (χ0v) is 12.9. The molecular formula is C18H13N5O. The minimum absolute atomic E-state index is 0.0993. The first-order valence-corrected chi connectivity index (χ1v) is 7.52. The average Bonchev–Trinajstić information content (AvgIpc) is 3.12. The van der Waals surface area contributed by atoms with Crippen LogP contribution in [-0.4, -0.2) is 23.3 Å². The molecular weight excluding hydrogens is 302 g/mol. The van der Waals surface area contributed by atoms with Crippen molar-refractivity contribution in [2.45, 2.75) is 12.3 Å². The topological polar surface area (TPSA) is 78.9 Å². The number of aliphatic imine (C=N–C) groups is 2. The highest BCUT2D eigenvalue weighted by molar-refractivity contribution is 6.69. The summed E-state index contributed by atoms with van der Waals surface area (Å²) in [6.45, 7) is 2.00. The largest absolute Gasteiger partial charge is 0.303 e. The van der Waals surface area contributed by atoms with Crippen molar-refractivity contribution >= 4 is 23.3 Å². The van der Waals surface area contributed by atoms with E-state index >= 15 is 0 Å². The highest BCUT2D eigenvalue weighted by Crippen LogP contribution is 2.35. The van der Waals surface area contributed by atoms with Gasteiger partial charge in [-0.25, -0.2) is 4.99 Å². The van der Waals surface area contributed by atoms with Gasteiger partial charge in [0.25, 0.3) is 0 Å². The normalized spacial score (nSPS) is 16.4. The van der Waals surface area contributed by atoms with Gasteiger partial charge in [0.05, 0.1) is 5.41 Å². The average molecular weight is 315 g/mol. The Kier molecular flexibility index (Phi) is 3.23. The number of amidine groups is 2. The van der Waals surface area contributed by atoms with E-state index in [1.54, 1.807) is 0 Å². The fourth-order valence-corrected chi connectivity index (χ4v) is 2.88. The van der Waals surface area contributed by atoms with Crippen LogP contribution in [0, 0.1) is 0 Å². The zero-order valence-electron chi connectivity index (χ0n) is 12.9. The summed E-state index contributed by atoms with van der Waals surface area (Å²) in [7, 11) is 0. The van der Waals surface area contributed by atoms with E-state index in [1.165, 1.54) is 0 Å². The predicted octanol–water partition coefficient (Wildman–Crippen LogP) is 3.15. The Balaban J connectivity index is 1.94. The number of benzene rings is 2. The number of rotatable bonds is 3. The lowest BCUT2D eigenvalue weighted by Gasteiger charge is -2.31. The molecule has 0 unspecified atom stereocenters. The molecule has 0 atom stereocenters. The van der Waals surface area contributed by atoms with E-state index in [0.717, 1.165) is 11.1 Å². The Hall–Kier alpha value is -3.28. The third kappa shape index (κ3) is 2.11. The first kappa shape index (κ1) is 14.3. The van der Waals surface area contributed by atoms with Crippen LogP contribution in [0.3, 0.4) is 0 Å². The Labute approximate surface area is 138 Å². The Morgan fingerprint density at radius 3 is 2.00 bits per heavy atom. The first-order valence-electron chi connectivity index (χ1n) is 7.52. The number of carbonyl (C=O) groups is 1. The molecule has 0 spiro atoms. The molecule has 0 saturated heterocycles. The molecule has 0 aromatic heterocycles. The number of hydrogen-bond acceptors (Lipinski definition) is 5. The van der Waals surface area contributed by atoms with Crippen LogP contribution in [0.15, 0.2) is 86.1 Å². The van der Waals surface area contributed by atoms with Crippen molar-refractivity contribution in [3.05, 3.63) is 71.8 Å². The first-order chi connectivity index (χ1) is 11.7. The van der Waals surface area contributed by atoms with Gasteiger partial charge in [0.1, 0.15) is 5.84 Å². The molecule has 6 heteroatoms. The SMILES string of the molecule is CC(C1=NC(=O)C2=NN=NC2=N1)(c1ccccc1)c1ccccc1. The van der Waals surface area contributed by atoms with Gasteiger partial charge in [-0.1, -0.05) is 60.7 Å². The summed E-state index contributed by atoms with van der Waals surface area (Å²) in [4.78, 5) is 20.9. The molecule has 4 rings (SSSR count). The van der Waals surface area contributed by atoms with E-state index in [1.807, 2.05) is 67.6 Å². The van der Waals surface area contributed by atoms with Gasteiger partial charge in [-0.15, -0.1) is 10.2 Å². The highest BCUT2D eigenvalue weighted by Gasteiger charge is 2.39. The molecule has 0 saturated carbocycles. The maximum absolute atomic E-state index is 12.3. The molecule has 0 fully saturated rings. The molecule has 1 amide bonds. The molecule has 2 aromatic carbocycles. The Morgan fingerprint density at radius 1 is 0.833 bits per heavy atom. The van der Waals surface area contributed by atoms with Crippen LogP contribution in [0.25, 0.3) is 0 Å². The monoisotopic (exact) mass is 315 g/mol. The second-order valence-corrected chi connectivity index (χ2v) is 5.67. The van der Waals surface area contributed by atoms with E-state index in [0.29, 0.717) is 5.84 Å². The van der Waals surface area contributed by atoms with Crippen LogP contribution < -0.4 is 0 Å². The van der Waals surface area contributed by atoms with Crippen molar-refractivity contribution in [2.24, 2.45) is 25.4 Å². The van der Waals surface area contributed by atoms with Gasteiger partial charge < -0.3 is 0 Å². The number of nitrogens with zero attached hydrogens (tertiary/aromatic N) is 5. The van der Waals surface area contributed by atoms with E-state index in [2.05, 4.69) is 25.4 Å². The summed E-state index contributed by atoms with van der Waals surface area (Å²) in [5.74, 6) is 0.154. The predicted molar refractivity (Wildman–Crippen MR) is 91.5 cm³/mol. The lowest BCUT2D eigenvalue weighted by atomic mass is 9.75. The number of hydrogen-bond donors (Lipinski definition) is 0. The smallest absolute Gasteiger partial charge is 0.265 e. The molecule has 116 valence electrons. The van der Waals surface area contributed by atoms with Crippen molar-refractivity contribution in [2.75, 3.05) is 0 Å². The van der Waals surface area contributed by atoms with Gasteiger partial charge in [-0.05, 0) is 23.3 Å².